The summed E-state index contributed by atoms with van der Waals surface area (Å²) < 4.78 is 11.6. The maximum absolute atomic E-state index is 13.5. The molecule has 46 heavy (non-hydrogen) atoms. The first kappa shape index (κ1) is 32.7. The summed E-state index contributed by atoms with van der Waals surface area (Å²) in [5.41, 5.74) is 0.729. The van der Waals surface area contributed by atoms with Gasteiger partial charge in [-0.25, -0.2) is 4.79 Å². The summed E-state index contributed by atoms with van der Waals surface area (Å²) in [7, 11) is 1.26. The molecule has 244 valence electrons. The lowest BCUT2D eigenvalue weighted by Crippen LogP contribution is -2.48. The molecule has 2 aromatic heterocycles. The number of amides is 3. The Hall–Kier alpha value is -4.67. The first-order valence-electron chi connectivity index (χ1n) is 15.7. The van der Waals surface area contributed by atoms with E-state index < -0.39 is 29.4 Å². The molecule has 0 unspecified atom stereocenters. The average Bonchev–Trinajstić information content (AvgIpc) is 3.55. The number of pyridine rings is 1. The van der Waals surface area contributed by atoms with Crippen LogP contribution in [-0.4, -0.2) is 47.5 Å². The fourth-order valence-corrected chi connectivity index (χ4v) is 7.19. The number of hydrogen-bond acceptors (Lipinski definition) is 7. The van der Waals surface area contributed by atoms with Gasteiger partial charge < -0.3 is 29.7 Å². The minimum Gasteiger partial charge on any atom is -0.466 e. The maximum atomic E-state index is 13.5. The number of allylic oxidation sites excluding steroid dienone is 1. The fourth-order valence-electron chi connectivity index (χ4n) is 7.19. The number of esters is 1. The summed E-state index contributed by atoms with van der Waals surface area (Å²) in [4.78, 5) is 64.8. The fraction of sp³-hybridized carbons (Fsp3) is 0.457. The zero-order valence-corrected chi connectivity index (χ0v) is 27.0. The van der Waals surface area contributed by atoms with Gasteiger partial charge in [-0.15, -0.1) is 0 Å². The number of rotatable bonds is 11. The summed E-state index contributed by atoms with van der Waals surface area (Å²) in [6, 6.07) is 9.22. The Morgan fingerprint density at radius 1 is 1.13 bits per heavy atom. The third kappa shape index (κ3) is 6.23. The lowest BCUT2D eigenvalue weighted by Gasteiger charge is -2.39. The lowest BCUT2D eigenvalue weighted by atomic mass is 9.69. The molecule has 0 radical (unpaired) electrons. The number of aromatic nitrogens is 1. The molecule has 3 amide bonds. The van der Waals surface area contributed by atoms with Gasteiger partial charge in [-0.3, -0.25) is 19.2 Å². The molecule has 2 aliphatic rings. The highest BCUT2D eigenvalue weighted by molar-refractivity contribution is 6.03. The first-order valence-corrected chi connectivity index (χ1v) is 15.7. The smallest absolute Gasteiger partial charge is 0.330 e. The number of para-hydroxylation sites is 1. The number of methoxy groups -OCH3 is 1. The van der Waals surface area contributed by atoms with Crippen molar-refractivity contribution in [2.45, 2.75) is 78.4 Å². The molecule has 11 heteroatoms. The van der Waals surface area contributed by atoms with Crippen molar-refractivity contribution in [3.63, 3.8) is 0 Å². The summed E-state index contributed by atoms with van der Waals surface area (Å²) >= 11 is 0. The van der Waals surface area contributed by atoms with Crippen LogP contribution in [0.4, 0.5) is 5.69 Å². The van der Waals surface area contributed by atoms with Gasteiger partial charge in [0.15, 0.2) is 5.76 Å². The second-order valence-corrected chi connectivity index (χ2v) is 13.2. The van der Waals surface area contributed by atoms with E-state index in [1.54, 1.807) is 25.1 Å². The van der Waals surface area contributed by atoms with E-state index >= 15 is 0 Å². The van der Waals surface area contributed by atoms with E-state index in [4.69, 9.17) is 4.42 Å². The molecule has 0 saturated heterocycles. The number of carbonyl (C=O) groups excluding carboxylic acids is 4. The predicted octanol–water partition coefficient (Wildman–Crippen LogP) is 4.48. The summed E-state index contributed by atoms with van der Waals surface area (Å²) in [5, 5.41) is 9.30. The molecule has 2 aliphatic carbocycles. The molecule has 5 rings (SSSR count). The van der Waals surface area contributed by atoms with Crippen molar-refractivity contribution < 1.29 is 28.3 Å². The number of benzene rings is 1. The molecule has 2 bridgehead atoms. The van der Waals surface area contributed by atoms with Crippen LogP contribution in [-0.2, 0) is 25.7 Å². The van der Waals surface area contributed by atoms with Gasteiger partial charge in [-0.1, -0.05) is 45.0 Å². The van der Waals surface area contributed by atoms with Crippen LogP contribution in [0.25, 0.3) is 11.0 Å². The third-order valence-electron chi connectivity index (χ3n) is 10.5. The van der Waals surface area contributed by atoms with Crippen LogP contribution < -0.4 is 21.5 Å². The highest BCUT2D eigenvalue weighted by atomic mass is 16.5. The lowest BCUT2D eigenvalue weighted by molar-refractivity contribution is -0.134. The van der Waals surface area contributed by atoms with Crippen LogP contribution in [0.15, 0.2) is 64.0 Å². The Bertz CT molecular complexity index is 1750. The minimum atomic E-state index is -1.08. The van der Waals surface area contributed by atoms with Crippen molar-refractivity contribution in [1.82, 2.24) is 15.2 Å². The van der Waals surface area contributed by atoms with Crippen LogP contribution in [0.1, 0.15) is 69.0 Å². The Balaban J connectivity index is 1.29. The molecule has 2 fully saturated rings. The first-order chi connectivity index (χ1) is 21.9. The van der Waals surface area contributed by atoms with E-state index in [-0.39, 0.29) is 53.6 Å². The van der Waals surface area contributed by atoms with Gasteiger partial charge in [0.05, 0.1) is 7.11 Å². The zero-order chi connectivity index (χ0) is 33.2. The van der Waals surface area contributed by atoms with E-state index in [0.717, 1.165) is 24.6 Å². The molecule has 0 spiro atoms. The van der Waals surface area contributed by atoms with Crippen molar-refractivity contribution in [1.29, 1.82) is 0 Å². The van der Waals surface area contributed by atoms with Crippen molar-refractivity contribution in [2.24, 2.45) is 16.7 Å². The maximum Gasteiger partial charge on any atom is 0.330 e. The number of carbonyl (C=O) groups is 4. The van der Waals surface area contributed by atoms with Crippen molar-refractivity contribution in [3.8, 4) is 0 Å². The Morgan fingerprint density at radius 2 is 1.89 bits per heavy atom. The largest absolute Gasteiger partial charge is 0.466 e. The molecular weight excluding hydrogens is 588 g/mol. The van der Waals surface area contributed by atoms with Crippen LogP contribution in [0.3, 0.4) is 0 Å². The van der Waals surface area contributed by atoms with E-state index in [2.05, 4.69) is 41.5 Å². The molecule has 4 atom stereocenters. The van der Waals surface area contributed by atoms with Crippen LogP contribution in [0.2, 0.25) is 0 Å². The molecule has 3 N–H and O–H groups in total. The van der Waals surface area contributed by atoms with Crippen LogP contribution in [0, 0.1) is 23.7 Å². The van der Waals surface area contributed by atoms with E-state index in [1.807, 2.05) is 12.1 Å². The second kappa shape index (κ2) is 13.0. The Morgan fingerprint density at radius 3 is 2.57 bits per heavy atom. The van der Waals surface area contributed by atoms with Crippen molar-refractivity contribution >= 4 is 40.3 Å². The normalized spacial score (nSPS) is 22.1. The quantitative estimate of drug-likeness (QED) is 0.209. The highest BCUT2D eigenvalue weighted by Gasteiger charge is 2.61. The standard InChI is InChI=1S/C35H42N4O7/c1-21-23-11-6-8-14-26(23)46-30(21)32(43)36-24(12-7-9-15-29(41)45-5)31(42)37-25-13-10-18-39(33(25)44)20-28(40)38-27-19-22-16-17-35(27,4)34(22,2)3/h6,8-11,13-15,18,22,24,27H,7,12,16-17,19-20H2,1-5H3,(H,36,43)(H,37,42)(H,38,40)/b15-9+/t22-,24+,27+,35-/m1/s1. The van der Waals surface area contributed by atoms with Crippen molar-refractivity contribution in [2.75, 3.05) is 12.4 Å². The van der Waals surface area contributed by atoms with E-state index in [0.29, 0.717) is 17.1 Å². The predicted molar refractivity (Wildman–Crippen MR) is 173 cm³/mol. The average molecular weight is 631 g/mol. The summed E-state index contributed by atoms with van der Waals surface area (Å²) in [6.45, 7) is 8.36. The number of nitrogens with zero attached hydrogens (tertiary/aromatic N) is 1. The van der Waals surface area contributed by atoms with Gasteiger partial charge in [-0.05, 0) is 74.0 Å². The molecule has 3 aromatic rings. The Kier molecular flexibility index (Phi) is 9.23. The van der Waals surface area contributed by atoms with Gasteiger partial charge in [0.1, 0.15) is 23.9 Å². The number of hydrogen-bond donors (Lipinski definition) is 3. The molecule has 11 nitrogen and oxygen atoms in total. The van der Waals surface area contributed by atoms with Gasteiger partial charge >= 0.3 is 5.97 Å². The van der Waals surface area contributed by atoms with Gasteiger partial charge in [0.25, 0.3) is 11.5 Å². The van der Waals surface area contributed by atoms with Crippen LogP contribution in [0.5, 0.6) is 0 Å². The van der Waals surface area contributed by atoms with Crippen LogP contribution >= 0.6 is 0 Å². The van der Waals surface area contributed by atoms with Gasteiger partial charge in [-0.2, -0.15) is 0 Å². The molecule has 0 aliphatic heterocycles. The molecule has 1 aromatic carbocycles. The van der Waals surface area contributed by atoms with Gasteiger partial charge in [0.2, 0.25) is 11.8 Å². The third-order valence-corrected chi connectivity index (χ3v) is 10.5. The van der Waals surface area contributed by atoms with E-state index in [1.165, 1.54) is 36.1 Å². The number of aryl methyl sites for hydroxylation is 1. The van der Waals surface area contributed by atoms with Gasteiger partial charge in [0, 0.05) is 29.3 Å². The molecule has 2 saturated carbocycles. The highest BCUT2D eigenvalue weighted by Crippen LogP contribution is 2.65. The second-order valence-electron chi connectivity index (χ2n) is 13.2. The number of ether oxygens (including phenoxy) is 1. The number of anilines is 1. The van der Waals surface area contributed by atoms with Crippen molar-refractivity contribution in [3.05, 3.63) is 76.4 Å². The topological polar surface area (TPSA) is 149 Å². The zero-order valence-electron chi connectivity index (χ0n) is 27.0. The van der Waals surface area contributed by atoms with E-state index in [9.17, 15) is 24.0 Å². The SMILES string of the molecule is COC(=O)/C=C/CC[C@H](NC(=O)c1oc2ccccc2c1C)C(=O)Nc1cccn(CC(=O)N[C@H]2C[C@H]3CC[C@@]2(C)C3(C)C)c1=O. The Labute approximate surface area is 267 Å². The molecular formula is C35H42N4O7. The summed E-state index contributed by atoms with van der Waals surface area (Å²) in [6.07, 6.45) is 7.80. The molecule has 2 heterocycles. The number of nitrogens with one attached hydrogen (secondary N) is 3. The number of fused-ring (bicyclic) bond motifs is 3. The summed E-state index contributed by atoms with van der Waals surface area (Å²) in [5.74, 6) is -1.40. The number of furan rings is 1. The minimum absolute atomic E-state index is 0.000507. The monoisotopic (exact) mass is 630 g/mol.